The number of hydrogen-bond acceptors (Lipinski definition) is 4. The fourth-order valence-electron chi connectivity index (χ4n) is 1.40. The largest absolute Gasteiger partial charge is 0.491 e. The van der Waals surface area contributed by atoms with Crippen molar-refractivity contribution in [3.63, 3.8) is 0 Å². The van der Waals surface area contributed by atoms with E-state index in [1.807, 2.05) is 13.0 Å². The van der Waals surface area contributed by atoms with E-state index >= 15 is 0 Å². The molecule has 1 amide bonds. The molecule has 0 saturated heterocycles. The Balaban J connectivity index is 2.27. The molecule has 0 aliphatic carbocycles. The fraction of sp³-hybridized carbons (Fsp3) is 0.462. The molecule has 106 valence electrons. The number of halogens is 1. The number of aliphatic hydroxyl groups excluding tert-OH is 1. The van der Waals surface area contributed by atoms with Crippen LogP contribution in [0.25, 0.3) is 0 Å². The van der Waals surface area contributed by atoms with Crippen molar-refractivity contribution >= 4 is 17.5 Å². The van der Waals surface area contributed by atoms with E-state index in [1.165, 1.54) is 0 Å². The molecule has 1 aromatic carbocycles. The molecule has 0 fully saturated rings. The van der Waals surface area contributed by atoms with Crippen molar-refractivity contribution < 1.29 is 14.6 Å². The maximum Gasteiger partial charge on any atom is 0.233 e. The zero-order valence-electron chi connectivity index (χ0n) is 11.1. The topological polar surface area (TPSA) is 70.6 Å². The quantitative estimate of drug-likeness (QED) is 0.691. The number of nitrogens with one attached hydrogen (secondary N) is 2. The van der Waals surface area contributed by atoms with Crippen LogP contribution in [0.1, 0.15) is 5.56 Å². The van der Waals surface area contributed by atoms with Gasteiger partial charge in [0.1, 0.15) is 18.5 Å². The number of aliphatic hydroxyl groups is 1. The molecule has 19 heavy (non-hydrogen) atoms. The molecule has 0 radical (unpaired) electrons. The Labute approximate surface area is 117 Å². The van der Waals surface area contributed by atoms with E-state index in [4.69, 9.17) is 16.3 Å². The van der Waals surface area contributed by atoms with Crippen molar-refractivity contribution in [3.05, 3.63) is 28.8 Å². The second-order valence-electron chi connectivity index (χ2n) is 4.18. The van der Waals surface area contributed by atoms with Crippen LogP contribution in [0.5, 0.6) is 5.75 Å². The van der Waals surface area contributed by atoms with Crippen LogP contribution in [0, 0.1) is 6.92 Å². The van der Waals surface area contributed by atoms with Crippen molar-refractivity contribution in [2.45, 2.75) is 13.0 Å². The van der Waals surface area contributed by atoms with Crippen LogP contribution in [0.2, 0.25) is 5.02 Å². The van der Waals surface area contributed by atoms with Gasteiger partial charge in [0.15, 0.2) is 0 Å². The van der Waals surface area contributed by atoms with Crippen molar-refractivity contribution in [2.24, 2.45) is 0 Å². The van der Waals surface area contributed by atoms with E-state index in [-0.39, 0.29) is 19.1 Å². The maximum absolute atomic E-state index is 10.9. The third-order valence-electron chi connectivity index (χ3n) is 2.52. The second kappa shape index (κ2) is 7.99. The van der Waals surface area contributed by atoms with Crippen LogP contribution >= 0.6 is 11.6 Å². The number of ether oxygens (including phenoxy) is 1. The lowest BCUT2D eigenvalue weighted by Gasteiger charge is -2.13. The first-order chi connectivity index (χ1) is 9.02. The van der Waals surface area contributed by atoms with Gasteiger partial charge >= 0.3 is 0 Å². The summed E-state index contributed by atoms with van der Waals surface area (Å²) < 4.78 is 5.44. The smallest absolute Gasteiger partial charge is 0.233 e. The Hall–Kier alpha value is -1.30. The number of carbonyl (C=O) groups excluding carboxylic acids is 1. The number of rotatable bonds is 7. The molecule has 1 aromatic rings. The second-order valence-corrected chi connectivity index (χ2v) is 4.59. The highest BCUT2D eigenvalue weighted by Gasteiger charge is 2.06. The number of amides is 1. The lowest BCUT2D eigenvalue weighted by molar-refractivity contribution is -0.119. The van der Waals surface area contributed by atoms with Gasteiger partial charge in [-0.1, -0.05) is 11.6 Å². The summed E-state index contributed by atoms with van der Waals surface area (Å²) in [5, 5.41) is 15.7. The first kappa shape index (κ1) is 15.8. The first-order valence-corrected chi connectivity index (χ1v) is 6.39. The van der Waals surface area contributed by atoms with Crippen molar-refractivity contribution in [3.8, 4) is 5.75 Å². The summed E-state index contributed by atoms with van der Waals surface area (Å²) in [7, 11) is 1.56. The average molecular weight is 287 g/mol. The predicted molar refractivity (Wildman–Crippen MR) is 74.6 cm³/mol. The molecule has 0 aliphatic rings. The van der Waals surface area contributed by atoms with Gasteiger partial charge in [-0.2, -0.15) is 0 Å². The summed E-state index contributed by atoms with van der Waals surface area (Å²) in [6.07, 6.45) is -0.680. The summed E-state index contributed by atoms with van der Waals surface area (Å²) in [6.45, 7) is 2.51. The minimum Gasteiger partial charge on any atom is -0.491 e. The highest BCUT2D eigenvalue weighted by atomic mass is 35.5. The Bertz CT molecular complexity index is 426. The third-order valence-corrected chi connectivity index (χ3v) is 2.94. The monoisotopic (exact) mass is 286 g/mol. The molecule has 6 heteroatoms. The normalized spacial score (nSPS) is 12.0. The van der Waals surface area contributed by atoms with Crippen LogP contribution in [0.4, 0.5) is 0 Å². The number of aryl methyl sites for hydroxylation is 1. The Kier molecular flexibility index (Phi) is 6.62. The first-order valence-electron chi connectivity index (χ1n) is 6.01. The molecule has 0 spiro atoms. The lowest BCUT2D eigenvalue weighted by atomic mass is 10.2. The summed E-state index contributed by atoms with van der Waals surface area (Å²) in [5.74, 6) is 0.536. The van der Waals surface area contributed by atoms with E-state index in [0.29, 0.717) is 17.3 Å². The minimum atomic E-state index is -0.680. The summed E-state index contributed by atoms with van der Waals surface area (Å²) in [6, 6.07) is 5.31. The predicted octanol–water partition coefficient (Wildman–Crippen LogP) is 0.724. The van der Waals surface area contributed by atoms with Gasteiger partial charge < -0.3 is 20.5 Å². The highest BCUT2D eigenvalue weighted by molar-refractivity contribution is 6.31. The molecule has 0 aromatic heterocycles. The molecule has 3 N–H and O–H groups in total. The average Bonchev–Trinajstić information content (AvgIpc) is 2.40. The Morgan fingerprint density at radius 3 is 2.89 bits per heavy atom. The van der Waals surface area contributed by atoms with Gasteiger partial charge in [-0.15, -0.1) is 0 Å². The fourth-order valence-corrected chi connectivity index (χ4v) is 1.52. The molecule has 0 heterocycles. The minimum absolute atomic E-state index is 0.124. The van der Waals surface area contributed by atoms with Crippen LogP contribution in [0.15, 0.2) is 18.2 Å². The van der Waals surface area contributed by atoms with Gasteiger partial charge in [-0.05, 0) is 30.7 Å². The number of carbonyl (C=O) groups is 1. The van der Waals surface area contributed by atoms with E-state index in [1.54, 1.807) is 19.2 Å². The Morgan fingerprint density at radius 1 is 1.53 bits per heavy atom. The number of likely N-dealkylation sites (N-methyl/N-ethyl adjacent to an activating group) is 1. The van der Waals surface area contributed by atoms with E-state index in [9.17, 15) is 9.90 Å². The zero-order valence-corrected chi connectivity index (χ0v) is 11.8. The molecule has 0 aliphatic heterocycles. The molecule has 5 nitrogen and oxygen atoms in total. The molecular weight excluding hydrogens is 268 g/mol. The lowest BCUT2D eigenvalue weighted by Crippen LogP contribution is -2.37. The molecular formula is C13H19ClN2O3. The molecule has 0 bridgehead atoms. The maximum atomic E-state index is 10.9. The molecule has 1 unspecified atom stereocenters. The van der Waals surface area contributed by atoms with Crippen molar-refractivity contribution in [1.82, 2.24) is 10.6 Å². The standard InChI is InChI=1S/C13H19ClN2O3/c1-9-5-11(3-4-12(9)14)19-8-10(17)6-16-7-13(18)15-2/h3-5,10,16-17H,6-8H2,1-2H3,(H,15,18). The molecule has 1 atom stereocenters. The van der Waals surface area contributed by atoms with Gasteiger partial charge in [0, 0.05) is 18.6 Å². The van der Waals surface area contributed by atoms with Crippen LogP contribution in [-0.4, -0.2) is 43.9 Å². The van der Waals surface area contributed by atoms with Gasteiger partial charge in [-0.25, -0.2) is 0 Å². The van der Waals surface area contributed by atoms with E-state index < -0.39 is 6.10 Å². The van der Waals surface area contributed by atoms with Crippen molar-refractivity contribution in [2.75, 3.05) is 26.7 Å². The molecule has 1 rings (SSSR count). The summed E-state index contributed by atoms with van der Waals surface area (Å²) >= 11 is 5.90. The van der Waals surface area contributed by atoms with Gasteiger partial charge in [0.2, 0.25) is 5.91 Å². The van der Waals surface area contributed by atoms with Gasteiger partial charge in [-0.3, -0.25) is 4.79 Å². The third kappa shape index (κ3) is 5.92. The number of hydrogen-bond donors (Lipinski definition) is 3. The van der Waals surface area contributed by atoms with Crippen molar-refractivity contribution in [1.29, 1.82) is 0 Å². The SMILES string of the molecule is CNC(=O)CNCC(O)COc1ccc(Cl)c(C)c1. The van der Waals surface area contributed by atoms with E-state index in [0.717, 1.165) is 5.56 Å². The van der Waals surface area contributed by atoms with Crippen LogP contribution in [-0.2, 0) is 4.79 Å². The summed E-state index contributed by atoms with van der Waals surface area (Å²) in [5.41, 5.74) is 0.923. The zero-order chi connectivity index (χ0) is 14.3. The Morgan fingerprint density at radius 2 is 2.26 bits per heavy atom. The van der Waals surface area contributed by atoms with Gasteiger partial charge in [0.05, 0.1) is 6.54 Å². The van der Waals surface area contributed by atoms with E-state index in [2.05, 4.69) is 10.6 Å². The molecule has 0 saturated carbocycles. The van der Waals surface area contributed by atoms with Gasteiger partial charge in [0.25, 0.3) is 0 Å². The highest BCUT2D eigenvalue weighted by Crippen LogP contribution is 2.20. The number of benzene rings is 1. The van der Waals surface area contributed by atoms with Crippen LogP contribution < -0.4 is 15.4 Å². The summed E-state index contributed by atoms with van der Waals surface area (Å²) in [4.78, 5) is 10.9. The van der Waals surface area contributed by atoms with Crippen LogP contribution in [0.3, 0.4) is 0 Å².